The lowest BCUT2D eigenvalue weighted by atomic mass is 10.2. The van der Waals surface area contributed by atoms with E-state index in [1.54, 1.807) is 13.1 Å². The molecule has 16 heavy (non-hydrogen) atoms. The first-order valence-corrected chi connectivity index (χ1v) is 4.44. The maximum Gasteiger partial charge on any atom is 0.418 e. The van der Waals surface area contributed by atoms with Crippen molar-refractivity contribution in [2.45, 2.75) is 6.18 Å². The third kappa shape index (κ3) is 1.49. The molecule has 0 aliphatic heterocycles. The predicted octanol–water partition coefficient (Wildman–Crippen LogP) is 1.88. The van der Waals surface area contributed by atoms with E-state index in [9.17, 15) is 13.2 Å². The van der Waals surface area contributed by atoms with Crippen molar-refractivity contribution in [2.75, 3.05) is 5.43 Å². The predicted molar refractivity (Wildman–Crippen MR) is 53.5 cm³/mol. The number of nitrogen functional groups attached to an aromatic ring is 1. The lowest BCUT2D eigenvalue weighted by molar-refractivity contribution is -0.136. The van der Waals surface area contributed by atoms with Crippen LogP contribution in [0, 0.1) is 0 Å². The van der Waals surface area contributed by atoms with Crippen LogP contribution in [0.15, 0.2) is 18.2 Å². The molecule has 2 aromatic rings. The Kier molecular flexibility index (Phi) is 2.27. The molecule has 1 heterocycles. The number of aryl methyl sites for hydroxylation is 1. The molecule has 0 atom stereocenters. The topological polar surface area (TPSA) is 55.9 Å². The zero-order valence-electron chi connectivity index (χ0n) is 8.34. The SMILES string of the molecule is Cn1c(NN)nc2c(C(F)(F)F)cccc21. The Morgan fingerprint density at radius 3 is 2.62 bits per heavy atom. The summed E-state index contributed by atoms with van der Waals surface area (Å²) in [5.74, 6) is 5.35. The summed E-state index contributed by atoms with van der Waals surface area (Å²) in [5, 5.41) is 0. The van der Waals surface area contributed by atoms with Gasteiger partial charge < -0.3 is 4.57 Å². The molecule has 0 aliphatic rings. The van der Waals surface area contributed by atoms with Crippen LogP contribution in [0.25, 0.3) is 11.0 Å². The minimum Gasteiger partial charge on any atom is -0.312 e. The normalized spacial score (nSPS) is 12.1. The molecule has 1 aromatic heterocycles. The van der Waals surface area contributed by atoms with Gasteiger partial charge >= 0.3 is 6.18 Å². The molecule has 0 unspecified atom stereocenters. The van der Waals surface area contributed by atoms with Crippen LogP contribution in [0.4, 0.5) is 19.1 Å². The van der Waals surface area contributed by atoms with E-state index in [4.69, 9.17) is 5.84 Å². The van der Waals surface area contributed by atoms with E-state index in [0.717, 1.165) is 6.07 Å². The Labute approximate surface area is 88.8 Å². The number of nitrogens with zero attached hydrogens (tertiary/aromatic N) is 2. The highest BCUT2D eigenvalue weighted by molar-refractivity contribution is 5.82. The van der Waals surface area contributed by atoms with Crippen molar-refractivity contribution in [3.63, 3.8) is 0 Å². The summed E-state index contributed by atoms with van der Waals surface area (Å²) in [6.45, 7) is 0. The number of benzene rings is 1. The Bertz CT molecular complexity index is 529. The molecule has 7 heteroatoms. The zero-order chi connectivity index (χ0) is 11.9. The average Bonchev–Trinajstić information content (AvgIpc) is 2.54. The van der Waals surface area contributed by atoms with Gasteiger partial charge in [0.1, 0.15) is 5.52 Å². The van der Waals surface area contributed by atoms with Crippen molar-refractivity contribution in [2.24, 2.45) is 12.9 Å². The number of aromatic nitrogens is 2. The number of nitrogens with one attached hydrogen (secondary N) is 1. The highest BCUT2D eigenvalue weighted by Gasteiger charge is 2.34. The van der Waals surface area contributed by atoms with Gasteiger partial charge in [-0.2, -0.15) is 13.2 Å². The van der Waals surface area contributed by atoms with Crippen molar-refractivity contribution in [1.29, 1.82) is 0 Å². The van der Waals surface area contributed by atoms with Crippen LogP contribution in [-0.2, 0) is 13.2 Å². The fraction of sp³-hybridized carbons (Fsp3) is 0.222. The van der Waals surface area contributed by atoms with Crippen LogP contribution < -0.4 is 11.3 Å². The summed E-state index contributed by atoms with van der Waals surface area (Å²) in [4.78, 5) is 3.80. The molecule has 0 fully saturated rings. The van der Waals surface area contributed by atoms with Crippen LogP contribution in [-0.4, -0.2) is 9.55 Å². The molecule has 0 saturated carbocycles. The first kappa shape index (κ1) is 10.7. The molecule has 0 spiro atoms. The third-order valence-corrected chi connectivity index (χ3v) is 2.35. The number of anilines is 1. The molecule has 3 N–H and O–H groups in total. The van der Waals surface area contributed by atoms with Crippen LogP contribution in [0.2, 0.25) is 0 Å². The van der Waals surface area contributed by atoms with Crippen molar-refractivity contribution in [3.05, 3.63) is 23.8 Å². The van der Waals surface area contributed by atoms with E-state index in [1.807, 2.05) is 0 Å². The molecule has 0 amide bonds. The lowest BCUT2D eigenvalue weighted by Gasteiger charge is -2.06. The van der Waals surface area contributed by atoms with Crippen LogP contribution >= 0.6 is 0 Å². The zero-order valence-corrected chi connectivity index (χ0v) is 8.34. The smallest absolute Gasteiger partial charge is 0.312 e. The van der Waals surface area contributed by atoms with E-state index in [1.165, 1.54) is 10.6 Å². The Morgan fingerprint density at radius 2 is 2.06 bits per heavy atom. The lowest BCUT2D eigenvalue weighted by Crippen LogP contribution is -2.11. The Balaban J connectivity index is 2.79. The molecule has 1 aromatic carbocycles. The first-order chi connectivity index (χ1) is 7.45. The Hall–Kier alpha value is -1.76. The number of halogens is 3. The number of hydrazine groups is 1. The minimum atomic E-state index is -4.42. The van der Waals surface area contributed by atoms with Crippen molar-refractivity contribution >= 4 is 17.0 Å². The number of fused-ring (bicyclic) bond motifs is 1. The maximum absolute atomic E-state index is 12.7. The molecule has 0 saturated heterocycles. The molecule has 0 aliphatic carbocycles. The number of rotatable bonds is 1. The highest BCUT2D eigenvalue weighted by atomic mass is 19.4. The average molecular weight is 230 g/mol. The van der Waals surface area contributed by atoms with Gasteiger partial charge in [0.2, 0.25) is 5.95 Å². The van der Waals surface area contributed by atoms with Crippen LogP contribution in [0.3, 0.4) is 0 Å². The molecule has 86 valence electrons. The van der Waals surface area contributed by atoms with Crippen molar-refractivity contribution < 1.29 is 13.2 Å². The second-order valence-corrected chi connectivity index (χ2v) is 3.31. The van der Waals surface area contributed by atoms with Gasteiger partial charge in [0, 0.05) is 7.05 Å². The number of alkyl halides is 3. The summed E-state index contributed by atoms with van der Waals surface area (Å²) in [6, 6.07) is 3.89. The fourth-order valence-corrected chi connectivity index (χ4v) is 1.57. The van der Waals surface area contributed by atoms with Gasteiger partial charge in [0.25, 0.3) is 0 Å². The van der Waals surface area contributed by atoms with Gasteiger partial charge in [-0.15, -0.1) is 0 Å². The van der Waals surface area contributed by atoms with Gasteiger partial charge in [0.05, 0.1) is 11.1 Å². The number of nitrogens with two attached hydrogens (primary N) is 1. The summed E-state index contributed by atoms with van der Waals surface area (Å²) in [7, 11) is 1.59. The summed E-state index contributed by atoms with van der Waals surface area (Å²) in [5.41, 5.74) is 1.76. The molecule has 4 nitrogen and oxygen atoms in total. The van der Waals surface area contributed by atoms with Gasteiger partial charge in [-0.1, -0.05) is 6.07 Å². The molecule has 2 rings (SSSR count). The quantitative estimate of drug-likeness (QED) is 0.581. The molecular formula is C9H9F3N4. The second-order valence-electron chi connectivity index (χ2n) is 3.31. The van der Waals surface area contributed by atoms with E-state index in [2.05, 4.69) is 10.4 Å². The number of imidazole rings is 1. The monoisotopic (exact) mass is 230 g/mol. The second kappa shape index (κ2) is 3.38. The minimum absolute atomic E-state index is 0.106. The van der Waals surface area contributed by atoms with E-state index < -0.39 is 11.7 Å². The van der Waals surface area contributed by atoms with Crippen molar-refractivity contribution in [3.8, 4) is 0 Å². The number of para-hydroxylation sites is 1. The number of hydrogen-bond acceptors (Lipinski definition) is 3. The maximum atomic E-state index is 12.7. The number of hydrogen-bond donors (Lipinski definition) is 2. The summed E-state index contributed by atoms with van der Waals surface area (Å²) < 4.78 is 39.4. The van der Waals surface area contributed by atoms with Crippen molar-refractivity contribution in [1.82, 2.24) is 9.55 Å². The summed E-state index contributed by atoms with van der Waals surface area (Å²) >= 11 is 0. The molecular weight excluding hydrogens is 221 g/mol. The van der Waals surface area contributed by atoms with Gasteiger partial charge in [0.15, 0.2) is 0 Å². The molecule has 0 radical (unpaired) electrons. The third-order valence-electron chi connectivity index (χ3n) is 2.35. The van der Waals surface area contributed by atoms with E-state index >= 15 is 0 Å². The largest absolute Gasteiger partial charge is 0.418 e. The fourth-order valence-electron chi connectivity index (χ4n) is 1.57. The Morgan fingerprint density at radius 1 is 1.38 bits per heavy atom. The van der Waals surface area contributed by atoms with Gasteiger partial charge in [-0.3, -0.25) is 5.43 Å². The van der Waals surface area contributed by atoms with Crippen LogP contribution in [0.5, 0.6) is 0 Å². The van der Waals surface area contributed by atoms with Crippen LogP contribution in [0.1, 0.15) is 5.56 Å². The van der Waals surface area contributed by atoms with Gasteiger partial charge in [-0.05, 0) is 12.1 Å². The first-order valence-electron chi connectivity index (χ1n) is 4.44. The summed E-state index contributed by atoms with van der Waals surface area (Å²) in [6.07, 6.45) is -4.42. The standard InChI is InChI=1S/C9H9F3N4/c1-16-6-4-2-3-5(9(10,11)12)7(6)14-8(16)15-13/h2-4H,13H2,1H3,(H,14,15). The van der Waals surface area contributed by atoms with E-state index in [-0.39, 0.29) is 11.5 Å². The van der Waals surface area contributed by atoms with E-state index in [0.29, 0.717) is 5.52 Å². The highest BCUT2D eigenvalue weighted by Crippen LogP contribution is 2.34. The molecule has 0 bridgehead atoms. The van der Waals surface area contributed by atoms with Gasteiger partial charge in [-0.25, -0.2) is 10.8 Å².